The minimum atomic E-state index is -3.62. The van der Waals surface area contributed by atoms with Crippen molar-refractivity contribution >= 4 is 5.97 Å². The number of ether oxygens (including phenoxy) is 1. The first-order valence-electron chi connectivity index (χ1n) is 4.60. The van der Waals surface area contributed by atoms with Gasteiger partial charge in [-0.3, -0.25) is 4.68 Å². The van der Waals surface area contributed by atoms with Crippen LogP contribution in [0.4, 0.5) is 8.78 Å². The van der Waals surface area contributed by atoms with Crippen molar-refractivity contribution in [3.05, 3.63) is 18.0 Å². The predicted octanol–water partition coefficient (Wildman–Crippen LogP) is 1.56. The van der Waals surface area contributed by atoms with Gasteiger partial charge in [-0.1, -0.05) is 0 Å². The summed E-state index contributed by atoms with van der Waals surface area (Å²) in [6.45, 7) is 3.64. The first kappa shape index (κ1) is 11.6. The third-order valence-corrected chi connectivity index (χ3v) is 1.85. The van der Waals surface area contributed by atoms with Crippen LogP contribution in [0.2, 0.25) is 0 Å². The minimum absolute atomic E-state index is 0.0731. The highest BCUT2D eigenvalue weighted by atomic mass is 19.3. The van der Waals surface area contributed by atoms with Crippen LogP contribution in [0.25, 0.3) is 0 Å². The van der Waals surface area contributed by atoms with E-state index in [0.717, 1.165) is 12.4 Å². The molecule has 0 aliphatic carbocycles. The summed E-state index contributed by atoms with van der Waals surface area (Å²) in [4.78, 5) is 11.0. The second-order valence-electron chi connectivity index (χ2n) is 2.88. The molecule has 0 aliphatic heterocycles. The van der Waals surface area contributed by atoms with Gasteiger partial charge in [0.05, 0.1) is 18.4 Å². The quantitative estimate of drug-likeness (QED) is 0.720. The molecule has 0 unspecified atom stereocenters. The zero-order valence-electron chi connectivity index (χ0n) is 8.54. The van der Waals surface area contributed by atoms with Gasteiger partial charge in [0.1, 0.15) is 0 Å². The average Bonchev–Trinajstić information content (AvgIpc) is 2.66. The molecule has 4 nitrogen and oxygen atoms in total. The van der Waals surface area contributed by atoms with Crippen molar-refractivity contribution in [2.24, 2.45) is 0 Å². The van der Waals surface area contributed by atoms with E-state index in [1.807, 2.05) is 0 Å². The lowest BCUT2D eigenvalue weighted by atomic mass is 10.2. The van der Waals surface area contributed by atoms with Gasteiger partial charge in [0.25, 0.3) is 0 Å². The van der Waals surface area contributed by atoms with Gasteiger partial charge in [-0.25, -0.2) is 4.79 Å². The van der Waals surface area contributed by atoms with Crippen LogP contribution >= 0.6 is 0 Å². The predicted molar refractivity (Wildman–Crippen MR) is 48.4 cm³/mol. The third-order valence-electron chi connectivity index (χ3n) is 1.85. The summed E-state index contributed by atoms with van der Waals surface area (Å²) in [5, 5.41) is 3.67. The molecule has 0 saturated carbocycles. The number of hydrogen-bond donors (Lipinski definition) is 0. The maximum atomic E-state index is 13.4. The SMILES string of the molecule is CCOC(=O)C(F)(F)c1cnn(CC)c1. The Hall–Kier alpha value is -1.46. The molecule has 1 rings (SSSR count). The van der Waals surface area contributed by atoms with E-state index in [2.05, 4.69) is 9.84 Å². The largest absolute Gasteiger partial charge is 0.461 e. The Balaban J connectivity index is 2.89. The standard InChI is InChI=1S/C9H12F2N2O2/c1-3-13-6-7(5-12-13)9(10,11)8(14)15-4-2/h5-6H,3-4H2,1-2H3. The van der Waals surface area contributed by atoms with Crippen LogP contribution < -0.4 is 0 Å². The van der Waals surface area contributed by atoms with Crippen molar-refractivity contribution in [3.63, 3.8) is 0 Å². The molecule has 6 heteroatoms. The highest BCUT2D eigenvalue weighted by Crippen LogP contribution is 2.28. The summed E-state index contributed by atoms with van der Waals surface area (Å²) in [6, 6.07) is 0. The van der Waals surface area contributed by atoms with E-state index >= 15 is 0 Å². The molecule has 0 spiro atoms. The Kier molecular flexibility index (Phi) is 3.39. The van der Waals surface area contributed by atoms with E-state index in [1.54, 1.807) is 6.92 Å². The van der Waals surface area contributed by atoms with E-state index in [-0.39, 0.29) is 6.61 Å². The number of alkyl halides is 2. The molecule has 0 N–H and O–H groups in total. The molecule has 15 heavy (non-hydrogen) atoms. The molecular weight excluding hydrogens is 206 g/mol. The zero-order chi connectivity index (χ0) is 11.5. The lowest BCUT2D eigenvalue weighted by Gasteiger charge is -2.12. The smallest absolute Gasteiger partial charge is 0.382 e. The highest BCUT2D eigenvalue weighted by molar-refractivity contribution is 5.79. The molecule has 84 valence electrons. The second kappa shape index (κ2) is 4.37. The average molecular weight is 218 g/mol. The van der Waals surface area contributed by atoms with Crippen molar-refractivity contribution in [3.8, 4) is 0 Å². The van der Waals surface area contributed by atoms with Crippen molar-refractivity contribution in [2.75, 3.05) is 6.61 Å². The van der Waals surface area contributed by atoms with Crippen LogP contribution in [-0.2, 0) is 22.0 Å². The fourth-order valence-corrected chi connectivity index (χ4v) is 1.04. The molecule has 0 aliphatic rings. The summed E-state index contributed by atoms with van der Waals surface area (Å²) < 4.78 is 32.3. The van der Waals surface area contributed by atoms with Gasteiger partial charge in [0.15, 0.2) is 0 Å². The molecule has 0 saturated heterocycles. The number of hydrogen-bond acceptors (Lipinski definition) is 3. The van der Waals surface area contributed by atoms with Crippen LogP contribution in [0.5, 0.6) is 0 Å². The van der Waals surface area contributed by atoms with E-state index in [9.17, 15) is 13.6 Å². The van der Waals surface area contributed by atoms with Crippen LogP contribution in [0, 0.1) is 0 Å². The number of esters is 1. The van der Waals surface area contributed by atoms with Crippen LogP contribution in [0.15, 0.2) is 12.4 Å². The monoisotopic (exact) mass is 218 g/mol. The summed E-state index contributed by atoms with van der Waals surface area (Å²) >= 11 is 0. The van der Waals surface area contributed by atoms with Crippen molar-refractivity contribution in [2.45, 2.75) is 26.3 Å². The molecule has 0 atom stereocenters. The van der Waals surface area contributed by atoms with E-state index < -0.39 is 17.5 Å². The topological polar surface area (TPSA) is 44.1 Å². The molecule has 0 aromatic carbocycles. The summed E-state index contributed by atoms with van der Waals surface area (Å²) in [6.07, 6.45) is 2.11. The van der Waals surface area contributed by atoms with Gasteiger partial charge >= 0.3 is 11.9 Å². The molecule has 0 fully saturated rings. The lowest BCUT2D eigenvalue weighted by molar-refractivity contribution is -0.173. The number of rotatable bonds is 4. The second-order valence-corrected chi connectivity index (χ2v) is 2.88. The first-order chi connectivity index (χ1) is 7.02. The van der Waals surface area contributed by atoms with Crippen LogP contribution in [0.3, 0.4) is 0 Å². The minimum Gasteiger partial charge on any atom is -0.461 e. The fraction of sp³-hybridized carbons (Fsp3) is 0.556. The Morgan fingerprint density at radius 1 is 1.60 bits per heavy atom. The van der Waals surface area contributed by atoms with Crippen molar-refractivity contribution in [1.29, 1.82) is 0 Å². The van der Waals surface area contributed by atoms with E-state index in [1.165, 1.54) is 11.6 Å². The van der Waals surface area contributed by atoms with Crippen LogP contribution in [-0.4, -0.2) is 22.4 Å². The number of aromatic nitrogens is 2. The number of carbonyl (C=O) groups excluding carboxylic acids is 1. The first-order valence-corrected chi connectivity index (χ1v) is 4.60. The molecule has 0 radical (unpaired) electrons. The highest BCUT2D eigenvalue weighted by Gasteiger charge is 2.43. The summed E-state index contributed by atoms with van der Waals surface area (Å²) in [5.74, 6) is -5.16. The van der Waals surface area contributed by atoms with Crippen LogP contribution in [0.1, 0.15) is 19.4 Å². The molecule has 1 heterocycles. The van der Waals surface area contributed by atoms with Gasteiger partial charge in [0.2, 0.25) is 0 Å². The fourth-order valence-electron chi connectivity index (χ4n) is 1.04. The van der Waals surface area contributed by atoms with Gasteiger partial charge < -0.3 is 4.74 Å². The lowest BCUT2D eigenvalue weighted by Crippen LogP contribution is -2.27. The molecule has 0 amide bonds. The summed E-state index contributed by atoms with van der Waals surface area (Å²) in [7, 11) is 0. The van der Waals surface area contributed by atoms with Gasteiger partial charge in [0, 0.05) is 12.7 Å². The number of halogens is 2. The zero-order valence-corrected chi connectivity index (χ0v) is 8.54. The van der Waals surface area contributed by atoms with Gasteiger partial charge in [-0.15, -0.1) is 0 Å². The maximum absolute atomic E-state index is 13.4. The third kappa shape index (κ3) is 2.31. The Labute approximate surface area is 85.8 Å². The number of aryl methyl sites for hydroxylation is 1. The molecule has 0 bridgehead atoms. The molecule has 1 aromatic rings. The Morgan fingerprint density at radius 2 is 2.27 bits per heavy atom. The Bertz CT molecular complexity index is 350. The molecular formula is C9H12F2N2O2. The van der Waals surface area contributed by atoms with Crippen molar-refractivity contribution in [1.82, 2.24) is 9.78 Å². The van der Waals surface area contributed by atoms with Crippen molar-refractivity contribution < 1.29 is 18.3 Å². The van der Waals surface area contributed by atoms with E-state index in [0.29, 0.717) is 6.54 Å². The van der Waals surface area contributed by atoms with Gasteiger partial charge in [-0.2, -0.15) is 13.9 Å². The number of carbonyl (C=O) groups is 1. The number of nitrogens with zero attached hydrogens (tertiary/aromatic N) is 2. The van der Waals surface area contributed by atoms with E-state index in [4.69, 9.17) is 0 Å². The maximum Gasteiger partial charge on any atom is 0.382 e. The Morgan fingerprint density at radius 3 is 2.73 bits per heavy atom. The van der Waals surface area contributed by atoms with Gasteiger partial charge in [-0.05, 0) is 13.8 Å². The normalized spacial score (nSPS) is 11.5. The molecule has 1 aromatic heterocycles. The summed E-state index contributed by atoms with van der Waals surface area (Å²) in [5.41, 5.74) is -0.442.